The molecule has 108 valence electrons. The highest BCUT2D eigenvalue weighted by Crippen LogP contribution is 2.40. The van der Waals surface area contributed by atoms with E-state index in [1.165, 1.54) is 32.1 Å². The Morgan fingerprint density at radius 1 is 1.00 bits per heavy atom. The zero-order valence-electron chi connectivity index (χ0n) is 12.0. The molecule has 0 radical (unpaired) electrons. The van der Waals surface area contributed by atoms with Crippen LogP contribution in [0.15, 0.2) is 12.4 Å². The van der Waals surface area contributed by atoms with Crippen LogP contribution in [0.2, 0.25) is 0 Å². The molecule has 2 aliphatic rings. The van der Waals surface area contributed by atoms with Crippen molar-refractivity contribution in [1.82, 2.24) is 0 Å². The Morgan fingerprint density at radius 2 is 1.63 bits per heavy atom. The highest BCUT2D eigenvalue weighted by molar-refractivity contribution is 5.79. The van der Waals surface area contributed by atoms with Gasteiger partial charge in [0.15, 0.2) is 0 Å². The van der Waals surface area contributed by atoms with Crippen LogP contribution < -0.4 is 0 Å². The fraction of sp³-hybridized carbons (Fsp3) is 0.824. The number of Topliss-reactive ketones (excluding diaryl/α,β-unsaturated/α-hetero) is 1. The Labute approximate surface area is 116 Å². The third-order valence-corrected chi connectivity index (χ3v) is 5.22. The minimum absolute atomic E-state index is 0.478. The van der Waals surface area contributed by atoms with Gasteiger partial charge in [-0.15, -0.1) is 0 Å². The number of halogens is 1. The molecule has 0 aromatic carbocycles. The number of rotatable bonds is 5. The molecule has 2 heteroatoms. The second-order valence-corrected chi connectivity index (χ2v) is 6.45. The molecular weight excluding hydrogens is 239 g/mol. The third kappa shape index (κ3) is 4.74. The van der Waals surface area contributed by atoms with Gasteiger partial charge in [0.05, 0.1) is 6.33 Å². The van der Waals surface area contributed by atoms with Crippen molar-refractivity contribution in [2.45, 2.75) is 70.6 Å². The first-order valence-corrected chi connectivity index (χ1v) is 8.06. The van der Waals surface area contributed by atoms with Gasteiger partial charge < -0.3 is 0 Å². The average molecular weight is 266 g/mol. The van der Waals surface area contributed by atoms with E-state index in [-0.39, 0.29) is 0 Å². The molecule has 0 bridgehead atoms. The van der Waals surface area contributed by atoms with Crippen molar-refractivity contribution in [3.63, 3.8) is 0 Å². The standard InChI is InChI=1S/C17H27FO/c18-13-3-1-2-4-14-5-7-15(8-6-14)16-9-11-17(19)12-10-16/h3,13-16H,1-2,4-12H2/b13-3+. The van der Waals surface area contributed by atoms with E-state index in [4.69, 9.17) is 0 Å². The van der Waals surface area contributed by atoms with E-state index in [0.29, 0.717) is 12.1 Å². The minimum atomic E-state index is 0.478. The van der Waals surface area contributed by atoms with Crippen LogP contribution >= 0.6 is 0 Å². The van der Waals surface area contributed by atoms with Crippen LogP contribution in [-0.4, -0.2) is 5.78 Å². The maximum absolute atomic E-state index is 11.8. The van der Waals surface area contributed by atoms with Crippen LogP contribution in [0.4, 0.5) is 4.39 Å². The first kappa shape index (κ1) is 14.7. The zero-order valence-corrected chi connectivity index (χ0v) is 12.0. The summed E-state index contributed by atoms with van der Waals surface area (Å²) < 4.78 is 11.8. The fourth-order valence-corrected chi connectivity index (χ4v) is 3.97. The topological polar surface area (TPSA) is 17.1 Å². The molecule has 0 aromatic rings. The predicted molar refractivity (Wildman–Crippen MR) is 76.5 cm³/mol. The van der Waals surface area contributed by atoms with Gasteiger partial charge in [-0.05, 0) is 56.3 Å². The lowest BCUT2D eigenvalue weighted by Gasteiger charge is -2.35. The molecule has 0 saturated heterocycles. The van der Waals surface area contributed by atoms with Crippen molar-refractivity contribution >= 4 is 5.78 Å². The molecule has 0 atom stereocenters. The van der Waals surface area contributed by atoms with E-state index in [2.05, 4.69) is 0 Å². The SMILES string of the molecule is O=C1CCC(C2CCC(CCC/C=C/F)CC2)CC1. The Kier molecular flexibility index (Phi) is 6.06. The lowest BCUT2D eigenvalue weighted by atomic mass is 9.70. The number of ketones is 1. The first-order valence-electron chi connectivity index (χ1n) is 8.06. The van der Waals surface area contributed by atoms with Gasteiger partial charge in [-0.2, -0.15) is 0 Å². The van der Waals surface area contributed by atoms with Crippen molar-refractivity contribution in [3.05, 3.63) is 12.4 Å². The monoisotopic (exact) mass is 266 g/mol. The molecule has 0 aliphatic heterocycles. The number of hydrogen-bond donors (Lipinski definition) is 0. The van der Waals surface area contributed by atoms with Gasteiger partial charge in [-0.25, -0.2) is 4.39 Å². The second kappa shape index (κ2) is 7.81. The molecule has 19 heavy (non-hydrogen) atoms. The fourth-order valence-electron chi connectivity index (χ4n) is 3.97. The number of unbranched alkanes of at least 4 members (excludes halogenated alkanes) is 1. The average Bonchev–Trinajstić information content (AvgIpc) is 2.45. The van der Waals surface area contributed by atoms with E-state index in [1.807, 2.05) is 0 Å². The van der Waals surface area contributed by atoms with Gasteiger partial charge in [0.25, 0.3) is 0 Å². The van der Waals surface area contributed by atoms with Gasteiger partial charge in [0.2, 0.25) is 0 Å². The van der Waals surface area contributed by atoms with E-state index < -0.39 is 0 Å². The quantitative estimate of drug-likeness (QED) is 0.625. The highest BCUT2D eigenvalue weighted by Gasteiger charge is 2.29. The molecule has 0 spiro atoms. The summed E-state index contributed by atoms with van der Waals surface area (Å²) in [6, 6.07) is 0. The second-order valence-electron chi connectivity index (χ2n) is 6.45. The summed E-state index contributed by atoms with van der Waals surface area (Å²) in [7, 11) is 0. The number of carbonyl (C=O) groups is 1. The molecule has 2 rings (SSSR count). The summed E-state index contributed by atoms with van der Waals surface area (Å²) in [6.07, 6.45) is 15.0. The summed E-state index contributed by atoms with van der Waals surface area (Å²) in [5.41, 5.74) is 0. The van der Waals surface area contributed by atoms with Gasteiger partial charge >= 0.3 is 0 Å². The largest absolute Gasteiger partial charge is 0.300 e. The van der Waals surface area contributed by atoms with Crippen LogP contribution in [-0.2, 0) is 4.79 Å². The van der Waals surface area contributed by atoms with Gasteiger partial charge in [-0.3, -0.25) is 4.79 Å². The summed E-state index contributed by atoms with van der Waals surface area (Å²) in [6.45, 7) is 0. The lowest BCUT2D eigenvalue weighted by Crippen LogP contribution is -2.25. The molecule has 1 nitrogen and oxygen atoms in total. The summed E-state index contributed by atoms with van der Waals surface area (Å²) in [4.78, 5) is 11.3. The maximum atomic E-state index is 11.8. The van der Waals surface area contributed by atoms with Gasteiger partial charge in [0.1, 0.15) is 5.78 Å². The molecule has 2 fully saturated rings. The predicted octanol–water partition coefficient (Wildman–Crippen LogP) is 5.21. The normalized spacial score (nSPS) is 30.1. The van der Waals surface area contributed by atoms with E-state index in [9.17, 15) is 9.18 Å². The lowest BCUT2D eigenvalue weighted by molar-refractivity contribution is -0.121. The Hall–Kier alpha value is -0.660. The van der Waals surface area contributed by atoms with Crippen molar-refractivity contribution in [3.8, 4) is 0 Å². The molecule has 0 N–H and O–H groups in total. The molecule has 0 unspecified atom stereocenters. The van der Waals surface area contributed by atoms with Gasteiger partial charge in [-0.1, -0.05) is 25.3 Å². The van der Waals surface area contributed by atoms with E-state index in [1.54, 1.807) is 6.08 Å². The van der Waals surface area contributed by atoms with Crippen LogP contribution in [0.3, 0.4) is 0 Å². The third-order valence-electron chi connectivity index (χ3n) is 5.22. The molecular formula is C17H27FO. The summed E-state index contributed by atoms with van der Waals surface area (Å²) >= 11 is 0. The van der Waals surface area contributed by atoms with Crippen molar-refractivity contribution in [1.29, 1.82) is 0 Å². The molecule has 2 saturated carbocycles. The van der Waals surface area contributed by atoms with Crippen molar-refractivity contribution < 1.29 is 9.18 Å². The summed E-state index contributed by atoms with van der Waals surface area (Å²) in [5.74, 6) is 3.06. The van der Waals surface area contributed by atoms with Crippen molar-refractivity contribution in [2.24, 2.45) is 17.8 Å². The molecule has 0 aromatic heterocycles. The molecule has 2 aliphatic carbocycles. The molecule has 0 amide bonds. The summed E-state index contributed by atoms with van der Waals surface area (Å²) in [5, 5.41) is 0. The molecule has 0 heterocycles. The zero-order chi connectivity index (χ0) is 13.5. The number of hydrogen-bond acceptors (Lipinski definition) is 1. The Balaban J connectivity index is 1.63. The Morgan fingerprint density at radius 3 is 2.26 bits per heavy atom. The smallest absolute Gasteiger partial charge is 0.132 e. The van der Waals surface area contributed by atoms with Crippen LogP contribution in [0.25, 0.3) is 0 Å². The van der Waals surface area contributed by atoms with Crippen LogP contribution in [0.1, 0.15) is 70.6 Å². The number of carbonyl (C=O) groups excluding carboxylic acids is 1. The van der Waals surface area contributed by atoms with E-state index in [0.717, 1.165) is 56.3 Å². The van der Waals surface area contributed by atoms with Crippen molar-refractivity contribution in [2.75, 3.05) is 0 Å². The first-order chi connectivity index (χ1) is 9.29. The highest BCUT2D eigenvalue weighted by atomic mass is 19.1. The number of allylic oxidation sites excluding steroid dienone is 1. The van der Waals surface area contributed by atoms with Crippen LogP contribution in [0.5, 0.6) is 0 Å². The van der Waals surface area contributed by atoms with E-state index >= 15 is 0 Å². The van der Waals surface area contributed by atoms with Crippen LogP contribution in [0, 0.1) is 17.8 Å². The maximum Gasteiger partial charge on any atom is 0.132 e. The minimum Gasteiger partial charge on any atom is -0.300 e. The Bertz CT molecular complexity index is 292. The van der Waals surface area contributed by atoms with Gasteiger partial charge in [0, 0.05) is 12.8 Å².